The molecule has 0 fully saturated rings. The summed E-state index contributed by atoms with van der Waals surface area (Å²) in [5.74, 6) is 0.765. The van der Waals surface area contributed by atoms with Crippen molar-refractivity contribution in [3.05, 3.63) is 30.3 Å². The Morgan fingerprint density at radius 3 is 2.24 bits per heavy atom. The summed E-state index contributed by atoms with van der Waals surface area (Å²) >= 11 is 0. The standard InChI is InChI=1S/C15H18F2N2O2/c1-15(2,3)19-13(21-14(16)17)9-12(18-19)10-5-7-11(20-4)8-6-10/h5-9,14H,1-4H3. The molecule has 0 unspecified atom stereocenters. The second-order valence-electron chi connectivity index (χ2n) is 5.56. The average Bonchev–Trinajstić information content (AvgIpc) is 2.82. The first-order valence-corrected chi connectivity index (χ1v) is 6.51. The molecule has 1 aromatic carbocycles. The first-order chi connectivity index (χ1) is 9.81. The number of alkyl halides is 2. The lowest BCUT2D eigenvalue weighted by Gasteiger charge is -2.21. The van der Waals surface area contributed by atoms with Crippen LogP contribution in [0.5, 0.6) is 11.6 Å². The summed E-state index contributed by atoms with van der Waals surface area (Å²) < 4.78 is 36.1. The molecule has 2 rings (SSSR count). The second kappa shape index (κ2) is 5.71. The van der Waals surface area contributed by atoms with E-state index in [4.69, 9.17) is 4.74 Å². The Morgan fingerprint density at radius 2 is 1.76 bits per heavy atom. The van der Waals surface area contributed by atoms with Gasteiger partial charge in [0.05, 0.1) is 18.3 Å². The lowest BCUT2D eigenvalue weighted by atomic mass is 10.1. The van der Waals surface area contributed by atoms with Crippen molar-refractivity contribution in [2.45, 2.75) is 32.9 Å². The van der Waals surface area contributed by atoms with Gasteiger partial charge in [-0.05, 0) is 45.0 Å². The van der Waals surface area contributed by atoms with Crippen LogP contribution in [-0.4, -0.2) is 23.5 Å². The van der Waals surface area contributed by atoms with Crippen molar-refractivity contribution in [3.63, 3.8) is 0 Å². The van der Waals surface area contributed by atoms with E-state index in [0.29, 0.717) is 5.69 Å². The molecular formula is C15H18F2N2O2. The van der Waals surface area contributed by atoms with Gasteiger partial charge in [0.15, 0.2) is 0 Å². The molecule has 21 heavy (non-hydrogen) atoms. The summed E-state index contributed by atoms with van der Waals surface area (Å²) in [4.78, 5) is 0. The monoisotopic (exact) mass is 296 g/mol. The topological polar surface area (TPSA) is 36.3 Å². The van der Waals surface area contributed by atoms with Crippen molar-refractivity contribution in [2.75, 3.05) is 7.11 Å². The first kappa shape index (κ1) is 15.3. The highest BCUT2D eigenvalue weighted by atomic mass is 19.3. The van der Waals surface area contributed by atoms with Crippen LogP contribution < -0.4 is 9.47 Å². The summed E-state index contributed by atoms with van der Waals surface area (Å²) in [6, 6.07) is 8.73. The molecule has 6 heteroatoms. The molecule has 0 aliphatic heterocycles. The van der Waals surface area contributed by atoms with Crippen molar-refractivity contribution in [3.8, 4) is 22.9 Å². The van der Waals surface area contributed by atoms with Crippen LogP contribution in [-0.2, 0) is 5.54 Å². The Hall–Kier alpha value is -2.11. The second-order valence-corrected chi connectivity index (χ2v) is 5.56. The molecule has 0 aliphatic carbocycles. The number of ether oxygens (including phenoxy) is 2. The van der Waals surface area contributed by atoms with E-state index in [1.54, 1.807) is 19.2 Å². The van der Waals surface area contributed by atoms with Crippen LogP contribution in [0, 0.1) is 0 Å². The van der Waals surface area contributed by atoms with E-state index in [2.05, 4.69) is 9.84 Å². The maximum Gasteiger partial charge on any atom is 0.388 e. The van der Waals surface area contributed by atoms with Crippen LogP contribution in [0.15, 0.2) is 30.3 Å². The highest BCUT2D eigenvalue weighted by Gasteiger charge is 2.23. The number of rotatable bonds is 4. The van der Waals surface area contributed by atoms with Crippen molar-refractivity contribution in [1.29, 1.82) is 0 Å². The molecule has 0 spiro atoms. The molecule has 2 aromatic rings. The summed E-state index contributed by atoms with van der Waals surface area (Å²) in [5, 5.41) is 4.38. The van der Waals surface area contributed by atoms with E-state index >= 15 is 0 Å². The molecule has 0 aliphatic rings. The SMILES string of the molecule is COc1ccc(-c2cc(OC(F)F)n(C(C)(C)C)n2)cc1. The van der Waals surface area contributed by atoms with E-state index in [0.717, 1.165) is 11.3 Å². The van der Waals surface area contributed by atoms with Gasteiger partial charge in [-0.1, -0.05) is 0 Å². The smallest absolute Gasteiger partial charge is 0.388 e. The van der Waals surface area contributed by atoms with Gasteiger partial charge in [0.2, 0.25) is 5.88 Å². The number of benzene rings is 1. The maximum absolute atomic E-state index is 12.5. The van der Waals surface area contributed by atoms with Gasteiger partial charge >= 0.3 is 6.61 Å². The van der Waals surface area contributed by atoms with E-state index in [9.17, 15) is 8.78 Å². The minimum Gasteiger partial charge on any atom is -0.497 e. The van der Waals surface area contributed by atoms with Crippen molar-refractivity contribution < 1.29 is 18.3 Å². The zero-order valence-electron chi connectivity index (χ0n) is 12.4. The molecule has 0 saturated heterocycles. The number of hydrogen-bond donors (Lipinski definition) is 0. The van der Waals surface area contributed by atoms with Gasteiger partial charge in [-0.25, -0.2) is 4.68 Å². The van der Waals surface area contributed by atoms with Gasteiger partial charge in [-0.15, -0.1) is 0 Å². The van der Waals surface area contributed by atoms with Crippen LogP contribution in [0.2, 0.25) is 0 Å². The van der Waals surface area contributed by atoms with Crippen LogP contribution in [0.25, 0.3) is 11.3 Å². The Labute approximate surface area is 122 Å². The quantitative estimate of drug-likeness (QED) is 0.858. The third-order valence-corrected chi connectivity index (χ3v) is 2.91. The van der Waals surface area contributed by atoms with Gasteiger partial charge in [-0.3, -0.25) is 0 Å². The van der Waals surface area contributed by atoms with Crippen LogP contribution >= 0.6 is 0 Å². The van der Waals surface area contributed by atoms with Gasteiger partial charge in [0, 0.05) is 11.6 Å². The molecule has 0 amide bonds. The number of methoxy groups -OCH3 is 1. The molecule has 0 saturated carbocycles. The molecule has 4 nitrogen and oxygen atoms in total. The Balaban J connectivity index is 2.42. The van der Waals surface area contributed by atoms with Gasteiger partial charge in [0.1, 0.15) is 5.75 Å². The van der Waals surface area contributed by atoms with Crippen molar-refractivity contribution in [1.82, 2.24) is 9.78 Å². The summed E-state index contributed by atoms with van der Waals surface area (Å²) in [5.41, 5.74) is 0.913. The van der Waals surface area contributed by atoms with E-state index < -0.39 is 12.2 Å². The highest BCUT2D eigenvalue weighted by Crippen LogP contribution is 2.30. The summed E-state index contributed by atoms with van der Waals surface area (Å²) in [7, 11) is 1.58. The van der Waals surface area contributed by atoms with Gasteiger partial charge in [0.25, 0.3) is 0 Å². The van der Waals surface area contributed by atoms with E-state index in [-0.39, 0.29) is 5.88 Å². The molecule has 1 aromatic heterocycles. The number of aromatic nitrogens is 2. The molecule has 0 bridgehead atoms. The Morgan fingerprint density at radius 1 is 1.14 bits per heavy atom. The number of halogens is 2. The van der Waals surface area contributed by atoms with Crippen LogP contribution in [0.3, 0.4) is 0 Å². The molecule has 0 atom stereocenters. The highest BCUT2D eigenvalue weighted by molar-refractivity contribution is 5.61. The van der Waals surface area contributed by atoms with Gasteiger partial charge in [-0.2, -0.15) is 13.9 Å². The Bertz CT molecular complexity index is 601. The molecule has 1 heterocycles. The lowest BCUT2D eigenvalue weighted by Crippen LogP contribution is -2.24. The van der Waals surface area contributed by atoms with E-state index in [1.165, 1.54) is 10.7 Å². The third kappa shape index (κ3) is 3.51. The minimum absolute atomic E-state index is 0.0447. The lowest BCUT2D eigenvalue weighted by molar-refractivity contribution is -0.0578. The first-order valence-electron chi connectivity index (χ1n) is 6.51. The zero-order valence-corrected chi connectivity index (χ0v) is 12.4. The fourth-order valence-corrected chi connectivity index (χ4v) is 1.92. The average molecular weight is 296 g/mol. The predicted octanol–water partition coefficient (Wildman–Crippen LogP) is 3.92. The number of nitrogens with zero attached hydrogens (tertiary/aromatic N) is 2. The molecule has 114 valence electrons. The number of hydrogen-bond acceptors (Lipinski definition) is 3. The van der Waals surface area contributed by atoms with E-state index in [1.807, 2.05) is 32.9 Å². The normalized spacial score (nSPS) is 11.8. The van der Waals surface area contributed by atoms with Crippen molar-refractivity contribution >= 4 is 0 Å². The molecule has 0 N–H and O–H groups in total. The van der Waals surface area contributed by atoms with Crippen LogP contribution in [0.4, 0.5) is 8.78 Å². The fourth-order valence-electron chi connectivity index (χ4n) is 1.92. The summed E-state index contributed by atoms with van der Waals surface area (Å²) in [6.07, 6.45) is 0. The van der Waals surface area contributed by atoms with Crippen molar-refractivity contribution in [2.24, 2.45) is 0 Å². The molecular weight excluding hydrogens is 278 g/mol. The van der Waals surface area contributed by atoms with Gasteiger partial charge < -0.3 is 9.47 Å². The predicted molar refractivity (Wildman–Crippen MR) is 75.8 cm³/mol. The fraction of sp³-hybridized carbons (Fsp3) is 0.400. The third-order valence-electron chi connectivity index (χ3n) is 2.91. The van der Waals surface area contributed by atoms with Crippen LogP contribution in [0.1, 0.15) is 20.8 Å². The zero-order chi connectivity index (χ0) is 15.6. The minimum atomic E-state index is -2.88. The Kier molecular flexibility index (Phi) is 4.16. The summed E-state index contributed by atoms with van der Waals surface area (Å²) in [6.45, 7) is 2.73. The largest absolute Gasteiger partial charge is 0.497 e. The molecule has 0 radical (unpaired) electrons. The maximum atomic E-state index is 12.5.